The molecule has 146 valence electrons. The fraction of sp³-hybridized carbons (Fsp3) is 0.500. The van der Waals surface area contributed by atoms with Crippen LogP contribution in [-0.2, 0) is 17.8 Å². The van der Waals surface area contributed by atoms with E-state index in [9.17, 15) is 22.4 Å². The maximum absolute atomic E-state index is 13.5. The molecule has 3 rings (SSSR count). The highest BCUT2D eigenvalue weighted by Gasteiger charge is 2.49. The predicted octanol–water partition coefficient (Wildman–Crippen LogP) is 3.03. The summed E-state index contributed by atoms with van der Waals surface area (Å²) in [6.45, 7) is 1.64. The van der Waals surface area contributed by atoms with Crippen molar-refractivity contribution in [3.05, 3.63) is 35.1 Å². The van der Waals surface area contributed by atoms with E-state index in [1.165, 1.54) is 18.0 Å². The number of anilines is 1. The van der Waals surface area contributed by atoms with Gasteiger partial charge >= 0.3 is 6.18 Å². The topological polar surface area (TPSA) is 71.0 Å². The van der Waals surface area contributed by atoms with E-state index in [-0.39, 0.29) is 37.8 Å². The van der Waals surface area contributed by atoms with Crippen molar-refractivity contribution in [1.29, 1.82) is 0 Å². The summed E-state index contributed by atoms with van der Waals surface area (Å²) >= 11 is 1.15. The van der Waals surface area contributed by atoms with Gasteiger partial charge in [0.2, 0.25) is 5.91 Å². The Morgan fingerprint density at radius 1 is 1.30 bits per heavy atom. The summed E-state index contributed by atoms with van der Waals surface area (Å²) in [5, 5.41) is 2.88. The van der Waals surface area contributed by atoms with E-state index >= 15 is 0 Å². The number of nitrogens with one attached hydrogen (secondary N) is 1. The highest BCUT2D eigenvalue weighted by molar-refractivity contribution is 7.15. The minimum atomic E-state index is -4.36. The van der Waals surface area contributed by atoms with Crippen LogP contribution in [0, 0.1) is 11.7 Å². The van der Waals surface area contributed by atoms with Gasteiger partial charge in [-0.05, 0) is 12.3 Å². The van der Waals surface area contributed by atoms with Crippen molar-refractivity contribution in [2.24, 2.45) is 5.92 Å². The second kappa shape index (κ2) is 7.85. The molecule has 2 aromatic rings. The highest BCUT2D eigenvalue weighted by Crippen LogP contribution is 2.37. The van der Waals surface area contributed by atoms with Gasteiger partial charge in [0.25, 0.3) is 0 Å². The van der Waals surface area contributed by atoms with E-state index in [4.69, 9.17) is 0 Å². The lowest BCUT2D eigenvalue weighted by atomic mass is 10.0. The van der Waals surface area contributed by atoms with Crippen molar-refractivity contribution < 1.29 is 22.4 Å². The molecular weight excluding hydrogens is 386 g/mol. The monoisotopic (exact) mass is 403 g/mol. The van der Waals surface area contributed by atoms with Crippen LogP contribution in [0.4, 0.5) is 22.7 Å². The van der Waals surface area contributed by atoms with Crippen molar-refractivity contribution in [2.75, 3.05) is 11.9 Å². The molecule has 1 amide bonds. The number of carbonyl (C=O) groups excluding carboxylic acids is 1. The van der Waals surface area contributed by atoms with Gasteiger partial charge in [0.15, 0.2) is 10.9 Å². The predicted molar refractivity (Wildman–Crippen MR) is 90.5 cm³/mol. The third-order valence-electron chi connectivity index (χ3n) is 4.21. The van der Waals surface area contributed by atoms with Crippen LogP contribution in [0.2, 0.25) is 0 Å². The van der Waals surface area contributed by atoms with Crippen LogP contribution in [-0.4, -0.2) is 44.5 Å². The molecule has 1 N–H and O–H groups in total. The Morgan fingerprint density at radius 3 is 2.63 bits per heavy atom. The molecule has 3 heterocycles. The van der Waals surface area contributed by atoms with Gasteiger partial charge in [-0.25, -0.2) is 19.3 Å². The van der Waals surface area contributed by atoms with Crippen LogP contribution < -0.4 is 5.32 Å². The largest absolute Gasteiger partial charge is 0.404 e. The molecule has 2 aromatic heterocycles. The maximum atomic E-state index is 13.5. The molecule has 0 saturated carbocycles. The van der Waals surface area contributed by atoms with Gasteiger partial charge in [-0.2, -0.15) is 13.2 Å². The van der Waals surface area contributed by atoms with Gasteiger partial charge in [0.05, 0.1) is 12.4 Å². The number of likely N-dealkylation sites (tertiary alicyclic amines) is 1. The number of carbonyl (C=O) groups is 1. The van der Waals surface area contributed by atoms with Crippen molar-refractivity contribution in [3.8, 4) is 0 Å². The molecule has 1 saturated heterocycles. The minimum absolute atomic E-state index is 0.0679. The van der Waals surface area contributed by atoms with E-state index in [1.54, 1.807) is 0 Å². The number of rotatable bonds is 5. The molecule has 1 fully saturated rings. The summed E-state index contributed by atoms with van der Waals surface area (Å²) in [6.07, 6.45) is -0.678. The van der Waals surface area contributed by atoms with Gasteiger partial charge in [-0.3, -0.25) is 9.69 Å². The quantitative estimate of drug-likeness (QED) is 0.777. The number of aromatic nitrogens is 3. The van der Waals surface area contributed by atoms with E-state index < -0.39 is 18.0 Å². The Hall–Kier alpha value is -2.14. The molecule has 0 unspecified atom stereocenters. The van der Waals surface area contributed by atoms with Crippen LogP contribution in [0.5, 0.6) is 0 Å². The first-order valence-corrected chi connectivity index (χ1v) is 9.02. The van der Waals surface area contributed by atoms with Gasteiger partial charge in [-0.15, -0.1) is 11.3 Å². The third-order valence-corrected chi connectivity index (χ3v) is 5.11. The Labute approximate surface area is 156 Å². The lowest BCUT2D eigenvalue weighted by molar-refractivity contribution is -0.177. The molecule has 0 spiro atoms. The number of amides is 1. The molecule has 27 heavy (non-hydrogen) atoms. The van der Waals surface area contributed by atoms with E-state index in [1.807, 2.05) is 0 Å². The molecule has 2 atom stereocenters. The van der Waals surface area contributed by atoms with Crippen LogP contribution in [0.3, 0.4) is 0 Å². The highest BCUT2D eigenvalue weighted by atomic mass is 32.1. The van der Waals surface area contributed by atoms with Gasteiger partial charge in [0, 0.05) is 37.5 Å². The molecule has 0 bridgehead atoms. The first-order chi connectivity index (χ1) is 12.7. The zero-order valence-electron chi connectivity index (χ0n) is 14.3. The van der Waals surface area contributed by atoms with E-state index in [0.717, 1.165) is 23.7 Å². The molecule has 1 aliphatic rings. The van der Waals surface area contributed by atoms with Gasteiger partial charge < -0.3 is 5.32 Å². The number of alkyl halides is 3. The van der Waals surface area contributed by atoms with E-state index in [0.29, 0.717) is 15.8 Å². The van der Waals surface area contributed by atoms with Crippen molar-refractivity contribution >= 4 is 22.4 Å². The summed E-state index contributed by atoms with van der Waals surface area (Å²) in [5.74, 6) is -0.829. The summed E-state index contributed by atoms with van der Waals surface area (Å²) < 4.78 is 53.3. The minimum Gasteiger partial charge on any atom is -0.302 e. The average molecular weight is 403 g/mol. The molecular formula is C16H17F4N5OS. The lowest BCUT2D eigenvalue weighted by Crippen LogP contribution is -2.40. The lowest BCUT2D eigenvalue weighted by Gasteiger charge is -2.25. The molecule has 11 heteroatoms. The zero-order chi connectivity index (χ0) is 19.6. The first kappa shape index (κ1) is 19.6. The van der Waals surface area contributed by atoms with Gasteiger partial charge in [0.1, 0.15) is 11.9 Å². The molecule has 0 aliphatic carbocycles. The van der Waals surface area contributed by atoms with Gasteiger partial charge in [-0.1, -0.05) is 0 Å². The maximum Gasteiger partial charge on any atom is 0.404 e. The second-order valence-corrected chi connectivity index (χ2v) is 7.54. The Bertz CT molecular complexity index is 795. The summed E-state index contributed by atoms with van der Waals surface area (Å²) in [7, 11) is 0. The fourth-order valence-electron chi connectivity index (χ4n) is 3.15. The summed E-state index contributed by atoms with van der Waals surface area (Å²) in [5.41, 5.74) is 0. The SMILES string of the molecule is CC(=O)Nc1ncc(CN2C[C@H](Cc3ncc(F)cn3)C[C@@H]2C(F)(F)F)s1. The first-order valence-electron chi connectivity index (χ1n) is 8.20. The third kappa shape index (κ3) is 5.19. The standard InChI is InChI=1S/C16H17F4N5OS/c1-9(26)24-15-23-6-12(27-15)8-25-7-10(2-13(25)16(18,19)20)3-14-21-4-11(17)5-22-14/h4-6,10,13H,2-3,7-8H2,1H3,(H,23,24,26)/t10-,13+/m0/s1. The van der Waals surface area contributed by atoms with Crippen LogP contribution in [0.15, 0.2) is 18.6 Å². The number of hydrogen-bond acceptors (Lipinski definition) is 6. The fourth-order valence-corrected chi connectivity index (χ4v) is 4.04. The molecule has 0 aromatic carbocycles. The number of nitrogens with zero attached hydrogens (tertiary/aromatic N) is 4. The Kier molecular flexibility index (Phi) is 5.70. The molecule has 0 radical (unpaired) electrons. The Morgan fingerprint density at radius 2 is 2.00 bits per heavy atom. The number of hydrogen-bond donors (Lipinski definition) is 1. The molecule has 1 aliphatic heterocycles. The normalized spacial score (nSPS) is 20.8. The Balaban J connectivity index is 1.69. The molecule has 6 nitrogen and oxygen atoms in total. The van der Waals surface area contributed by atoms with Crippen LogP contribution in [0.25, 0.3) is 0 Å². The summed E-state index contributed by atoms with van der Waals surface area (Å²) in [6, 6.07) is -1.57. The van der Waals surface area contributed by atoms with Crippen LogP contribution in [0.1, 0.15) is 24.0 Å². The zero-order valence-corrected chi connectivity index (χ0v) is 15.1. The second-order valence-electron chi connectivity index (χ2n) is 6.42. The van der Waals surface area contributed by atoms with E-state index in [2.05, 4.69) is 20.3 Å². The smallest absolute Gasteiger partial charge is 0.302 e. The average Bonchev–Trinajstić information content (AvgIpc) is 3.16. The number of halogens is 4. The number of thiazole rings is 1. The van der Waals surface area contributed by atoms with Crippen molar-refractivity contribution in [1.82, 2.24) is 19.9 Å². The van der Waals surface area contributed by atoms with Crippen LogP contribution >= 0.6 is 11.3 Å². The summed E-state index contributed by atoms with van der Waals surface area (Å²) in [4.78, 5) is 24.7. The van der Waals surface area contributed by atoms with Crippen molar-refractivity contribution in [3.63, 3.8) is 0 Å². The van der Waals surface area contributed by atoms with Crippen molar-refractivity contribution in [2.45, 2.75) is 38.5 Å².